The molecule has 0 unspecified atom stereocenters. The zero-order valence-corrected chi connectivity index (χ0v) is 13.6. The zero-order valence-electron chi connectivity index (χ0n) is 13.6. The van der Waals surface area contributed by atoms with Gasteiger partial charge in [-0.3, -0.25) is 9.59 Å². The summed E-state index contributed by atoms with van der Waals surface area (Å²) < 4.78 is 18.1. The van der Waals surface area contributed by atoms with Crippen LogP contribution in [-0.4, -0.2) is 32.0 Å². The molecule has 1 N–H and O–H groups in total. The zero-order chi connectivity index (χ0) is 17.5. The third-order valence-corrected chi connectivity index (χ3v) is 3.49. The van der Waals surface area contributed by atoms with Crippen LogP contribution in [0.15, 0.2) is 48.5 Å². The minimum atomic E-state index is -0.369. The monoisotopic (exact) mass is 330 g/mol. The van der Waals surface area contributed by atoms with Crippen LogP contribution in [0.1, 0.15) is 17.3 Å². The molecule has 0 aliphatic carbocycles. The second-order valence-electron chi connectivity index (χ2n) is 5.10. The molecule has 0 heterocycles. The van der Waals surface area contributed by atoms with E-state index in [9.17, 15) is 14.0 Å². The molecule has 6 heteroatoms. The predicted octanol–water partition coefficient (Wildman–Crippen LogP) is 2.62. The van der Waals surface area contributed by atoms with Gasteiger partial charge in [0.05, 0.1) is 12.7 Å². The topological polar surface area (TPSA) is 58.6 Å². The molecule has 2 aromatic carbocycles. The number of ether oxygens (including phenoxy) is 1. The number of rotatable bonds is 6. The minimum absolute atomic E-state index is 0.187. The van der Waals surface area contributed by atoms with Crippen molar-refractivity contribution in [2.45, 2.75) is 6.92 Å². The summed E-state index contributed by atoms with van der Waals surface area (Å²) in [6.45, 7) is 1.96. The molecule has 126 valence electrons. The Morgan fingerprint density at radius 1 is 1.12 bits per heavy atom. The number of hydrogen-bond acceptors (Lipinski definition) is 3. The predicted molar refractivity (Wildman–Crippen MR) is 89.8 cm³/mol. The molecule has 0 saturated heterocycles. The van der Waals surface area contributed by atoms with Crippen LogP contribution < -0.4 is 15.0 Å². The van der Waals surface area contributed by atoms with Gasteiger partial charge in [-0.05, 0) is 36.4 Å². The average molecular weight is 330 g/mol. The molecule has 2 amide bonds. The van der Waals surface area contributed by atoms with Crippen molar-refractivity contribution in [1.29, 1.82) is 0 Å². The highest BCUT2D eigenvalue weighted by molar-refractivity contribution is 5.97. The highest BCUT2D eigenvalue weighted by Crippen LogP contribution is 2.17. The number of para-hydroxylation sites is 1. The summed E-state index contributed by atoms with van der Waals surface area (Å²) >= 11 is 0. The first-order chi connectivity index (χ1) is 11.5. The number of hydrogen-bond donors (Lipinski definition) is 1. The number of amides is 2. The molecule has 24 heavy (non-hydrogen) atoms. The molecule has 0 aliphatic rings. The maximum absolute atomic E-state index is 13.0. The molecule has 0 aliphatic heterocycles. The van der Waals surface area contributed by atoms with Gasteiger partial charge >= 0.3 is 0 Å². The van der Waals surface area contributed by atoms with E-state index in [1.54, 1.807) is 24.3 Å². The molecule has 5 nitrogen and oxygen atoms in total. The Bertz CT molecular complexity index is 716. The van der Waals surface area contributed by atoms with Crippen molar-refractivity contribution >= 4 is 17.5 Å². The van der Waals surface area contributed by atoms with Gasteiger partial charge in [-0.25, -0.2) is 4.39 Å². The van der Waals surface area contributed by atoms with Gasteiger partial charge in [0.25, 0.3) is 5.91 Å². The molecule has 0 spiro atoms. The van der Waals surface area contributed by atoms with E-state index >= 15 is 0 Å². The summed E-state index contributed by atoms with van der Waals surface area (Å²) in [6.07, 6.45) is 0. The van der Waals surface area contributed by atoms with Crippen molar-refractivity contribution in [1.82, 2.24) is 5.32 Å². The first-order valence-corrected chi connectivity index (χ1v) is 7.48. The molecular weight excluding hydrogens is 311 g/mol. The SMILES string of the molecule is COc1ccccc1C(=O)NCCN(C(C)=O)c1ccc(F)cc1. The van der Waals surface area contributed by atoms with E-state index in [4.69, 9.17) is 4.74 Å². The van der Waals surface area contributed by atoms with Gasteiger partial charge in [-0.15, -0.1) is 0 Å². The number of carbonyl (C=O) groups excluding carboxylic acids is 2. The van der Waals surface area contributed by atoms with Crippen molar-refractivity contribution in [3.8, 4) is 5.75 Å². The highest BCUT2D eigenvalue weighted by atomic mass is 19.1. The lowest BCUT2D eigenvalue weighted by Gasteiger charge is -2.21. The van der Waals surface area contributed by atoms with E-state index in [0.29, 0.717) is 17.0 Å². The standard InChI is InChI=1S/C18H19FN2O3/c1-13(22)21(15-9-7-14(19)8-10-15)12-11-20-18(23)16-5-3-4-6-17(16)24-2/h3-10H,11-12H2,1-2H3,(H,20,23). The Kier molecular flexibility index (Phi) is 5.89. The average Bonchev–Trinajstić information content (AvgIpc) is 2.59. The lowest BCUT2D eigenvalue weighted by atomic mass is 10.2. The summed E-state index contributed by atoms with van der Waals surface area (Å²) in [5.41, 5.74) is 1.01. The molecule has 0 saturated carbocycles. The van der Waals surface area contributed by atoms with Crippen LogP contribution >= 0.6 is 0 Å². The number of anilines is 1. The number of methoxy groups -OCH3 is 1. The van der Waals surface area contributed by atoms with Gasteiger partial charge < -0.3 is 15.0 Å². The quantitative estimate of drug-likeness (QED) is 0.886. The normalized spacial score (nSPS) is 10.1. The Morgan fingerprint density at radius 3 is 2.42 bits per heavy atom. The van der Waals surface area contributed by atoms with Gasteiger partial charge in [0.15, 0.2) is 0 Å². The van der Waals surface area contributed by atoms with Gasteiger partial charge in [0, 0.05) is 25.7 Å². The van der Waals surface area contributed by atoms with Crippen molar-refractivity contribution < 1.29 is 18.7 Å². The Morgan fingerprint density at radius 2 is 1.79 bits per heavy atom. The van der Waals surface area contributed by atoms with Gasteiger partial charge in [0.1, 0.15) is 11.6 Å². The van der Waals surface area contributed by atoms with Crippen LogP contribution in [0.5, 0.6) is 5.75 Å². The fourth-order valence-corrected chi connectivity index (χ4v) is 2.30. The van der Waals surface area contributed by atoms with Crippen molar-refractivity contribution in [3.05, 3.63) is 59.9 Å². The minimum Gasteiger partial charge on any atom is -0.496 e. The van der Waals surface area contributed by atoms with E-state index in [1.165, 1.54) is 43.2 Å². The van der Waals surface area contributed by atoms with Crippen LogP contribution in [0, 0.1) is 5.82 Å². The maximum atomic E-state index is 13.0. The Labute approximate surface area is 140 Å². The second-order valence-corrected chi connectivity index (χ2v) is 5.10. The molecule has 0 atom stereocenters. The van der Waals surface area contributed by atoms with Crippen molar-refractivity contribution in [2.24, 2.45) is 0 Å². The van der Waals surface area contributed by atoms with Crippen molar-refractivity contribution in [3.63, 3.8) is 0 Å². The van der Waals surface area contributed by atoms with Gasteiger partial charge in [-0.2, -0.15) is 0 Å². The molecule has 0 radical (unpaired) electrons. The van der Waals surface area contributed by atoms with Crippen molar-refractivity contribution in [2.75, 3.05) is 25.1 Å². The van der Waals surface area contributed by atoms with E-state index in [2.05, 4.69) is 5.32 Å². The molecule has 0 fully saturated rings. The Balaban J connectivity index is 1.99. The highest BCUT2D eigenvalue weighted by Gasteiger charge is 2.14. The third-order valence-electron chi connectivity index (χ3n) is 3.49. The van der Waals surface area contributed by atoms with Crippen LogP contribution in [0.2, 0.25) is 0 Å². The molecular formula is C18H19FN2O3. The summed E-state index contributed by atoms with van der Waals surface area (Å²) in [5.74, 6) is -0.355. The number of carbonyl (C=O) groups is 2. The number of nitrogens with zero attached hydrogens (tertiary/aromatic N) is 1. The summed E-state index contributed by atoms with van der Waals surface area (Å²) in [4.78, 5) is 25.5. The summed E-state index contributed by atoms with van der Waals surface area (Å²) in [5, 5.41) is 2.75. The van der Waals surface area contributed by atoms with Crippen LogP contribution in [0.3, 0.4) is 0 Å². The lowest BCUT2D eigenvalue weighted by molar-refractivity contribution is -0.116. The van der Waals surface area contributed by atoms with E-state index in [-0.39, 0.29) is 30.7 Å². The van der Waals surface area contributed by atoms with Crippen LogP contribution in [0.4, 0.5) is 10.1 Å². The molecule has 2 aromatic rings. The lowest BCUT2D eigenvalue weighted by Crippen LogP contribution is -2.37. The molecule has 0 bridgehead atoms. The second kappa shape index (κ2) is 8.10. The fraction of sp³-hybridized carbons (Fsp3) is 0.222. The van der Waals surface area contributed by atoms with Gasteiger partial charge in [0.2, 0.25) is 5.91 Å². The molecule has 0 aromatic heterocycles. The molecule has 2 rings (SSSR count). The third kappa shape index (κ3) is 4.32. The summed E-state index contributed by atoms with van der Waals surface area (Å²) in [6, 6.07) is 12.5. The van der Waals surface area contributed by atoms with E-state index in [1.807, 2.05) is 0 Å². The van der Waals surface area contributed by atoms with E-state index < -0.39 is 0 Å². The fourth-order valence-electron chi connectivity index (χ4n) is 2.30. The summed E-state index contributed by atoms with van der Waals surface area (Å²) in [7, 11) is 1.50. The van der Waals surface area contributed by atoms with E-state index in [0.717, 1.165) is 0 Å². The van der Waals surface area contributed by atoms with Crippen LogP contribution in [-0.2, 0) is 4.79 Å². The number of nitrogens with one attached hydrogen (secondary N) is 1. The van der Waals surface area contributed by atoms with Gasteiger partial charge in [-0.1, -0.05) is 12.1 Å². The number of benzene rings is 2. The number of halogens is 1. The first-order valence-electron chi connectivity index (χ1n) is 7.48. The smallest absolute Gasteiger partial charge is 0.255 e. The largest absolute Gasteiger partial charge is 0.496 e. The Hall–Kier alpha value is -2.89. The van der Waals surface area contributed by atoms with Crippen LogP contribution in [0.25, 0.3) is 0 Å². The maximum Gasteiger partial charge on any atom is 0.255 e. The first kappa shape index (κ1) is 17.5.